The normalized spacial score (nSPS) is 28.3. The van der Waals surface area contributed by atoms with E-state index in [0.29, 0.717) is 6.61 Å². The molecule has 0 aromatic heterocycles. The van der Waals surface area contributed by atoms with Gasteiger partial charge in [-0.25, -0.2) is 0 Å². The van der Waals surface area contributed by atoms with Crippen molar-refractivity contribution in [3.63, 3.8) is 0 Å². The molecule has 0 amide bonds. The first kappa shape index (κ1) is 7.76. The zero-order valence-corrected chi connectivity index (χ0v) is 7.01. The Bertz CT molecular complexity index is 68.7. The minimum Gasteiger partial charge on any atom is -0.396 e. The molecule has 1 fully saturated rings. The topological polar surface area (TPSA) is 20.2 Å². The van der Waals surface area contributed by atoms with Crippen LogP contribution in [0.25, 0.3) is 0 Å². The van der Waals surface area contributed by atoms with Gasteiger partial charge >= 0.3 is 0 Å². The molecule has 1 nitrogen and oxygen atoms in total. The number of aliphatic hydroxyl groups excluding tert-OH is 1. The summed E-state index contributed by atoms with van der Waals surface area (Å²) in [5.41, 5.74) is 0. The molecule has 0 saturated carbocycles. The Balaban J connectivity index is 2.08. The molecule has 54 valence electrons. The molecule has 0 aromatic carbocycles. The summed E-state index contributed by atoms with van der Waals surface area (Å²) in [6, 6.07) is 0. The van der Waals surface area contributed by atoms with Crippen LogP contribution in [0.3, 0.4) is 0 Å². The van der Waals surface area contributed by atoms with Gasteiger partial charge in [0.25, 0.3) is 0 Å². The number of rotatable bonds is 2. The van der Waals surface area contributed by atoms with Crippen LogP contribution in [0.15, 0.2) is 0 Å². The van der Waals surface area contributed by atoms with Crippen LogP contribution in [0.2, 0.25) is 0 Å². The van der Waals surface area contributed by atoms with E-state index in [-0.39, 0.29) is 0 Å². The molecule has 1 unspecified atom stereocenters. The average Bonchev–Trinajstić information content (AvgIpc) is 1.91. The second kappa shape index (κ2) is 4.47. The van der Waals surface area contributed by atoms with Crippen LogP contribution in [-0.2, 0) is 0 Å². The first-order chi connectivity index (χ1) is 4.43. The Morgan fingerprint density at radius 2 is 2.33 bits per heavy atom. The molecule has 0 aliphatic carbocycles. The molecule has 0 bridgehead atoms. The maximum absolute atomic E-state index is 8.60. The molecule has 0 radical (unpaired) electrons. The van der Waals surface area contributed by atoms with E-state index in [1.165, 1.54) is 17.3 Å². The third-order valence-electron chi connectivity index (χ3n) is 1.34. The van der Waals surface area contributed by atoms with Gasteiger partial charge in [-0.05, 0) is 6.42 Å². The lowest BCUT2D eigenvalue weighted by atomic mass is 10.3. The zero-order chi connectivity index (χ0) is 6.53. The Labute approximate surface area is 64.6 Å². The Morgan fingerprint density at radius 1 is 1.44 bits per heavy atom. The summed E-state index contributed by atoms with van der Waals surface area (Å²) in [5, 5.41) is 9.33. The summed E-state index contributed by atoms with van der Waals surface area (Å²) in [7, 11) is 0. The van der Waals surface area contributed by atoms with Gasteiger partial charge in [0.15, 0.2) is 0 Å². The number of hydrogen-bond donors (Lipinski definition) is 1. The fraction of sp³-hybridized carbons (Fsp3) is 1.00. The number of aliphatic hydroxyl groups is 1. The van der Waals surface area contributed by atoms with Gasteiger partial charge in [-0.15, -0.1) is 0 Å². The van der Waals surface area contributed by atoms with E-state index in [9.17, 15) is 0 Å². The second-order valence-electron chi connectivity index (χ2n) is 2.08. The Kier molecular flexibility index (Phi) is 3.86. The molecule has 1 rings (SSSR count). The molecule has 1 aliphatic rings. The lowest BCUT2D eigenvalue weighted by Crippen LogP contribution is -2.14. The van der Waals surface area contributed by atoms with Gasteiger partial charge in [-0.3, -0.25) is 0 Å². The third-order valence-corrected chi connectivity index (χ3v) is 4.25. The van der Waals surface area contributed by atoms with Gasteiger partial charge in [0.05, 0.1) is 0 Å². The first-order valence-electron chi connectivity index (χ1n) is 3.23. The van der Waals surface area contributed by atoms with Crippen molar-refractivity contribution < 1.29 is 5.11 Å². The fourth-order valence-corrected chi connectivity index (χ4v) is 3.58. The van der Waals surface area contributed by atoms with Crippen LogP contribution in [-0.4, -0.2) is 34.2 Å². The second-order valence-corrected chi connectivity index (χ2v) is 4.64. The van der Waals surface area contributed by atoms with Gasteiger partial charge in [0, 0.05) is 29.1 Å². The van der Waals surface area contributed by atoms with Crippen molar-refractivity contribution in [2.45, 2.75) is 11.7 Å². The third kappa shape index (κ3) is 2.83. The van der Waals surface area contributed by atoms with Crippen LogP contribution in [0.1, 0.15) is 6.42 Å². The van der Waals surface area contributed by atoms with Crippen molar-refractivity contribution in [1.29, 1.82) is 0 Å². The maximum Gasteiger partial charge on any atom is 0.0441 e. The molecule has 1 saturated heterocycles. The smallest absolute Gasteiger partial charge is 0.0441 e. The van der Waals surface area contributed by atoms with E-state index in [0.717, 1.165) is 11.7 Å². The van der Waals surface area contributed by atoms with Crippen LogP contribution < -0.4 is 0 Å². The molecule has 3 heteroatoms. The zero-order valence-electron chi connectivity index (χ0n) is 5.38. The monoisotopic (exact) mass is 164 g/mol. The molecule has 1 atom stereocenters. The van der Waals surface area contributed by atoms with Gasteiger partial charge in [0.1, 0.15) is 0 Å². The summed E-state index contributed by atoms with van der Waals surface area (Å²) >= 11 is 4.02. The van der Waals surface area contributed by atoms with Crippen LogP contribution in [0, 0.1) is 0 Å². The van der Waals surface area contributed by atoms with E-state index < -0.39 is 0 Å². The summed E-state index contributed by atoms with van der Waals surface area (Å²) in [4.78, 5) is 0. The van der Waals surface area contributed by atoms with Crippen molar-refractivity contribution >= 4 is 23.5 Å². The predicted octanol–water partition coefficient (Wildman–Crippen LogP) is 1.22. The number of thioether (sulfide) groups is 2. The summed E-state index contributed by atoms with van der Waals surface area (Å²) in [6.45, 7) is 0.359. The van der Waals surface area contributed by atoms with Crippen molar-refractivity contribution in [2.75, 3.05) is 23.9 Å². The van der Waals surface area contributed by atoms with Gasteiger partial charge in [-0.1, -0.05) is 0 Å². The van der Waals surface area contributed by atoms with E-state index in [4.69, 9.17) is 5.11 Å². The molecular weight excluding hydrogens is 152 g/mol. The van der Waals surface area contributed by atoms with Crippen molar-refractivity contribution in [3.05, 3.63) is 0 Å². The van der Waals surface area contributed by atoms with E-state index in [1.807, 2.05) is 23.5 Å². The fourth-order valence-electron chi connectivity index (χ4n) is 0.847. The maximum atomic E-state index is 8.60. The highest BCUT2D eigenvalue weighted by Crippen LogP contribution is 2.25. The lowest BCUT2D eigenvalue weighted by Gasteiger charge is -2.19. The molecule has 0 spiro atoms. The molecule has 1 aliphatic heterocycles. The van der Waals surface area contributed by atoms with Gasteiger partial charge in [0.2, 0.25) is 0 Å². The van der Waals surface area contributed by atoms with Crippen LogP contribution in [0.5, 0.6) is 0 Å². The molecular formula is C6H12OS2. The molecule has 1 N–H and O–H groups in total. The minimum atomic E-state index is 0.359. The standard InChI is InChI=1S/C6H12OS2/c7-2-1-6-5-8-3-4-9-6/h6-7H,1-5H2. The average molecular weight is 164 g/mol. The van der Waals surface area contributed by atoms with Crippen molar-refractivity contribution in [2.24, 2.45) is 0 Å². The highest BCUT2D eigenvalue weighted by Gasteiger charge is 2.12. The van der Waals surface area contributed by atoms with E-state index in [1.54, 1.807) is 0 Å². The molecule has 9 heavy (non-hydrogen) atoms. The van der Waals surface area contributed by atoms with E-state index >= 15 is 0 Å². The Hall–Kier alpha value is 0.660. The predicted molar refractivity (Wildman–Crippen MR) is 45.3 cm³/mol. The molecule has 0 aromatic rings. The van der Waals surface area contributed by atoms with Crippen molar-refractivity contribution in [3.8, 4) is 0 Å². The first-order valence-corrected chi connectivity index (χ1v) is 5.44. The summed E-state index contributed by atoms with van der Waals surface area (Å²) in [6.07, 6.45) is 0.984. The Morgan fingerprint density at radius 3 is 2.89 bits per heavy atom. The van der Waals surface area contributed by atoms with Gasteiger partial charge in [-0.2, -0.15) is 23.5 Å². The quantitative estimate of drug-likeness (QED) is 0.662. The van der Waals surface area contributed by atoms with Gasteiger partial charge < -0.3 is 5.11 Å². The largest absolute Gasteiger partial charge is 0.396 e. The lowest BCUT2D eigenvalue weighted by molar-refractivity contribution is 0.289. The summed E-state index contributed by atoms with van der Waals surface area (Å²) < 4.78 is 0. The highest BCUT2D eigenvalue weighted by molar-refractivity contribution is 8.06. The highest BCUT2D eigenvalue weighted by atomic mass is 32.2. The minimum absolute atomic E-state index is 0.359. The van der Waals surface area contributed by atoms with Crippen LogP contribution in [0.4, 0.5) is 0 Å². The number of hydrogen-bond acceptors (Lipinski definition) is 3. The SMILES string of the molecule is OCCC1CSCCS1. The van der Waals surface area contributed by atoms with Crippen LogP contribution >= 0.6 is 23.5 Å². The molecule has 1 heterocycles. The van der Waals surface area contributed by atoms with Crippen molar-refractivity contribution in [1.82, 2.24) is 0 Å². The van der Waals surface area contributed by atoms with E-state index in [2.05, 4.69) is 0 Å². The summed E-state index contributed by atoms with van der Waals surface area (Å²) in [5.74, 6) is 3.81.